The molecule has 0 spiro atoms. The number of esters is 1. The summed E-state index contributed by atoms with van der Waals surface area (Å²) >= 11 is 5.65. The second-order valence-corrected chi connectivity index (χ2v) is 3.32. The Labute approximate surface area is 91.4 Å². The van der Waals surface area contributed by atoms with E-state index in [1.807, 2.05) is 0 Å². The number of carboxylic acid groups (broad SMARTS) is 1. The predicted molar refractivity (Wildman–Crippen MR) is 53.6 cm³/mol. The number of rotatable bonds is 3. The lowest BCUT2D eigenvalue weighted by Gasteiger charge is -2.12. The van der Waals surface area contributed by atoms with E-state index in [4.69, 9.17) is 16.7 Å². The standard InChI is InChI=1S/C10H9ClO4/c1-6(12)15-9(10(13)14)7-2-4-8(11)5-3-7/h2-5,9H,1H3,(H,13,14)/t9-/m1/s1. The van der Waals surface area contributed by atoms with Crippen LogP contribution in [0.3, 0.4) is 0 Å². The largest absolute Gasteiger partial charge is 0.478 e. The van der Waals surface area contributed by atoms with E-state index < -0.39 is 18.0 Å². The van der Waals surface area contributed by atoms with Gasteiger partial charge in [-0.25, -0.2) is 4.79 Å². The fourth-order valence-corrected chi connectivity index (χ4v) is 1.19. The van der Waals surface area contributed by atoms with E-state index in [0.717, 1.165) is 6.92 Å². The number of hydrogen-bond acceptors (Lipinski definition) is 3. The Morgan fingerprint density at radius 1 is 1.33 bits per heavy atom. The Kier molecular flexibility index (Phi) is 3.68. The van der Waals surface area contributed by atoms with Crippen LogP contribution in [0.25, 0.3) is 0 Å². The summed E-state index contributed by atoms with van der Waals surface area (Å²) in [5.74, 6) is -1.86. The number of carbonyl (C=O) groups excluding carboxylic acids is 1. The molecule has 0 unspecified atom stereocenters. The number of aliphatic carboxylic acids is 1. The summed E-state index contributed by atoms with van der Waals surface area (Å²) in [6, 6.07) is 6.08. The molecule has 5 heteroatoms. The van der Waals surface area contributed by atoms with Gasteiger partial charge in [-0.2, -0.15) is 0 Å². The van der Waals surface area contributed by atoms with Crippen LogP contribution in [0.4, 0.5) is 0 Å². The molecule has 0 radical (unpaired) electrons. The van der Waals surface area contributed by atoms with Gasteiger partial charge in [-0.15, -0.1) is 0 Å². The van der Waals surface area contributed by atoms with Gasteiger partial charge in [-0.3, -0.25) is 4.79 Å². The van der Waals surface area contributed by atoms with Crippen molar-refractivity contribution in [3.05, 3.63) is 34.9 Å². The molecule has 0 aliphatic rings. The van der Waals surface area contributed by atoms with E-state index in [2.05, 4.69) is 4.74 Å². The van der Waals surface area contributed by atoms with Crippen LogP contribution in [0.5, 0.6) is 0 Å². The minimum Gasteiger partial charge on any atom is -0.478 e. The molecule has 0 amide bonds. The average Bonchev–Trinajstić information content (AvgIpc) is 2.15. The van der Waals surface area contributed by atoms with Gasteiger partial charge in [-0.05, 0) is 12.1 Å². The molecular formula is C10H9ClO4. The normalized spacial score (nSPS) is 11.9. The lowest BCUT2D eigenvalue weighted by Crippen LogP contribution is -2.17. The SMILES string of the molecule is CC(=O)O[C@@H](C(=O)O)c1ccc(Cl)cc1. The molecule has 0 aliphatic carbocycles. The maximum atomic E-state index is 10.8. The van der Waals surface area contributed by atoms with Crippen LogP contribution in [-0.2, 0) is 14.3 Å². The summed E-state index contributed by atoms with van der Waals surface area (Å²) < 4.78 is 4.66. The summed E-state index contributed by atoms with van der Waals surface area (Å²) in [6.45, 7) is 1.16. The molecule has 80 valence electrons. The zero-order valence-corrected chi connectivity index (χ0v) is 8.69. The topological polar surface area (TPSA) is 63.6 Å². The van der Waals surface area contributed by atoms with Crippen molar-refractivity contribution in [2.45, 2.75) is 13.0 Å². The third kappa shape index (κ3) is 3.25. The molecule has 1 N–H and O–H groups in total. The average molecular weight is 229 g/mol. The molecule has 0 fully saturated rings. The number of carboxylic acids is 1. The first-order valence-electron chi connectivity index (χ1n) is 4.16. The highest BCUT2D eigenvalue weighted by atomic mass is 35.5. The Morgan fingerprint density at radius 3 is 2.27 bits per heavy atom. The summed E-state index contributed by atoms with van der Waals surface area (Å²) in [5.41, 5.74) is 0.377. The van der Waals surface area contributed by atoms with Crippen molar-refractivity contribution >= 4 is 23.5 Å². The summed E-state index contributed by atoms with van der Waals surface area (Å²) in [5, 5.41) is 9.33. The predicted octanol–water partition coefficient (Wildman–Crippen LogP) is 2.03. The first kappa shape index (κ1) is 11.5. The van der Waals surface area contributed by atoms with Crippen LogP contribution in [0.2, 0.25) is 5.02 Å². The Hall–Kier alpha value is -1.55. The van der Waals surface area contributed by atoms with Crippen molar-refractivity contribution < 1.29 is 19.4 Å². The molecule has 15 heavy (non-hydrogen) atoms. The Balaban J connectivity index is 2.94. The number of carbonyl (C=O) groups is 2. The number of ether oxygens (including phenoxy) is 1. The van der Waals surface area contributed by atoms with Crippen molar-refractivity contribution in [3.63, 3.8) is 0 Å². The van der Waals surface area contributed by atoms with Crippen LogP contribution in [-0.4, -0.2) is 17.0 Å². The highest BCUT2D eigenvalue weighted by molar-refractivity contribution is 6.30. The molecule has 1 atom stereocenters. The van der Waals surface area contributed by atoms with Crippen molar-refractivity contribution in [2.75, 3.05) is 0 Å². The summed E-state index contributed by atoms with van der Waals surface area (Å²) in [6.07, 6.45) is -1.28. The Bertz CT molecular complexity index is 372. The number of benzene rings is 1. The smallest absolute Gasteiger partial charge is 0.349 e. The van der Waals surface area contributed by atoms with Crippen LogP contribution in [0, 0.1) is 0 Å². The molecule has 0 aliphatic heterocycles. The summed E-state index contributed by atoms with van der Waals surface area (Å²) in [4.78, 5) is 21.5. The van der Waals surface area contributed by atoms with Crippen molar-refractivity contribution in [3.8, 4) is 0 Å². The van der Waals surface area contributed by atoms with Gasteiger partial charge in [0, 0.05) is 17.5 Å². The third-order valence-corrected chi connectivity index (χ3v) is 1.93. The molecule has 1 rings (SSSR count). The maximum absolute atomic E-state index is 10.8. The van der Waals surface area contributed by atoms with Crippen LogP contribution < -0.4 is 0 Å². The van der Waals surface area contributed by atoms with Gasteiger partial charge >= 0.3 is 11.9 Å². The van der Waals surface area contributed by atoms with Crippen molar-refractivity contribution in [1.82, 2.24) is 0 Å². The Morgan fingerprint density at radius 2 is 1.87 bits per heavy atom. The van der Waals surface area contributed by atoms with E-state index in [1.165, 1.54) is 24.3 Å². The minimum absolute atomic E-state index is 0.377. The second kappa shape index (κ2) is 4.79. The van der Waals surface area contributed by atoms with E-state index in [9.17, 15) is 9.59 Å². The second-order valence-electron chi connectivity index (χ2n) is 2.88. The maximum Gasteiger partial charge on any atom is 0.349 e. The quantitative estimate of drug-likeness (QED) is 0.804. The lowest BCUT2D eigenvalue weighted by atomic mass is 10.1. The fraction of sp³-hybridized carbons (Fsp3) is 0.200. The molecule has 0 saturated carbocycles. The number of hydrogen-bond donors (Lipinski definition) is 1. The lowest BCUT2D eigenvalue weighted by molar-refractivity contribution is -0.163. The molecule has 4 nitrogen and oxygen atoms in total. The van der Waals surface area contributed by atoms with Crippen molar-refractivity contribution in [1.29, 1.82) is 0 Å². The molecule has 1 aromatic carbocycles. The van der Waals surface area contributed by atoms with E-state index >= 15 is 0 Å². The zero-order valence-electron chi connectivity index (χ0n) is 7.94. The van der Waals surface area contributed by atoms with E-state index in [-0.39, 0.29) is 0 Å². The van der Waals surface area contributed by atoms with Gasteiger partial charge in [0.2, 0.25) is 6.10 Å². The van der Waals surface area contributed by atoms with E-state index in [1.54, 1.807) is 0 Å². The molecule has 0 heterocycles. The molecular weight excluding hydrogens is 220 g/mol. The monoisotopic (exact) mass is 228 g/mol. The highest BCUT2D eigenvalue weighted by Crippen LogP contribution is 2.20. The van der Waals surface area contributed by atoms with Gasteiger partial charge in [0.25, 0.3) is 0 Å². The van der Waals surface area contributed by atoms with Crippen molar-refractivity contribution in [2.24, 2.45) is 0 Å². The molecule has 0 bridgehead atoms. The number of halogens is 1. The minimum atomic E-state index is -1.28. The zero-order chi connectivity index (χ0) is 11.4. The van der Waals surface area contributed by atoms with Crippen LogP contribution in [0.1, 0.15) is 18.6 Å². The highest BCUT2D eigenvalue weighted by Gasteiger charge is 2.22. The van der Waals surface area contributed by atoms with Crippen LogP contribution >= 0.6 is 11.6 Å². The van der Waals surface area contributed by atoms with Gasteiger partial charge in [-0.1, -0.05) is 23.7 Å². The first-order valence-corrected chi connectivity index (χ1v) is 4.54. The molecule has 1 aromatic rings. The summed E-state index contributed by atoms with van der Waals surface area (Å²) in [7, 11) is 0. The fourth-order valence-electron chi connectivity index (χ4n) is 1.06. The van der Waals surface area contributed by atoms with Gasteiger partial charge in [0.05, 0.1) is 0 Å². The van der Waals surface area contributed by atoms with Gasteiger partial charge in [0.1, 0.15) is 0 Å². The van der Waals surface area contributed by atoms with E-state index in [0.29, 0.717) is 10.6 Å². The van der Waals surface area contributed by atoms with Gasteiger partial charge in [0.15, 0.2) is 0 Å². The first-order chi connectivity index (χ1) is 7.00. The molecule has 0 aromatic heterocycles. The van der Waals surface area contributed by atoms with Crippen LogP contribution in [0.15, 0.2) is 24.3 Å². The van der Waals surface area contributed by atoms with Gasteiger partial charge < -0.3 is 9.84 Å². The third-order valence-electron chi connectivity index (χ3n) is 1.68. The molecule has 0 saturated heterocycles.